The van der Waals surface area contributed by atoms with Gasteiger partial charge in [0.1, 0.15) is 0 Å². The molecular formula is C10H11NO. The average Bonchev–Trinajstić information content (AvgIpc) is 2.17. The van der Waals surface area contributed by atoms with Gasteiger partial charge in [-0.05, 0) is 6.08 Å². The van der Waals surface area contributed by atoms with E-state index in [1.54, 1.807) is 12.3 Å². The van der Waals surface area contributed by atoms with Gasteiger partial charge in [0, 0.05) is 18.8 Å². The Morgan fingerprint density at radius 3 is 2.83 bits per heavy atom. The molecule has 0 aromatic rings. The van der Waals surface area contributed by atoms with Crippen molar-refractivity contribution in [3.63, 3.8) is 0 Å². The van der Waals surface area contributed by atoms with E-state index in [2.05, 4.69) is 6.58 Å². The van der Waals surface area contributed by atoms with Crippen LogP contribution in [0.4, 0.5) is 0 Å². The molecular weight excluding hydrogens is 150 g/mol. The largest absolute Gasteiger partial charge is 0.295 e. The first-order chi connectivity index (χ1) is 5.84. The normalized spacial score (nSPS) is 17.0. The fraction of sp³-hybridized carbons (Fsp3) is 0.100. The maximum absolute atomic E-state index is 11.3. The summed E-state index contributed by atoms with van der Waals surface area (Å²) in [4.78, 5) is 12.7. The van der Waals surface area contributed by atoms with Crippen LogP contribution in [-0.2, 0) is 4.79 Å². The van der Waals surface area contributed by atoms with Crippen molar-refractivity contribution >= 4 is 5.91 Å². The SMILES string of the molecule is C=CN1C=CC=CC=CCC1=O. The van der Waals surface area contributed by atoms with Crippen LogP contribution in [0.5, 0.6) is 0 Å². The minimum atomic E-state index is 0.0289. The van der Waals surface area contributed by atoms with Gasteiger partial charge in [-0.3, -0.25) is 9.69 Å². The molecule has 0 aromatic carbocycles. The first-order valence-corrected chi connectivity index (χ1v) is 3.78. The number of rotatable bonds is 1. The Bertz CT molecular complexity index is 261. The summed E-state index contributed by atoms with van der Waals surface area (Å²) >= 11 is 0. The van der Waals surface area contributed by atoms with Crippen LogP contribution in [0.15, 0.2) is 49.4 Å². The van der Waals surface area contributed by atoms with E-state index < -0.39 is 0 Å². The fourth-order valence-corrected chi connectivity index (χ4v) is 0.869. The zero-order valence-corrected chi connectivity index (χ0v) is 6.81. The monoisotopic (exact) mass is 161 g/mol. The summed E-state index contributed by atoms with van der Waals surface area (Å²) < 4.78 is 0. The Morgan fingerprint density at radius 1 is 1.33 bits per heavy atom. The van der Waals surface area contributed by atoms with Crippen LogP contribution in [0, 0.1) is 0 Å². The number of carbonyl (C=O) groups is 1. The lowest BCUT2D eigenvalue weighted by Gasteiger charge is -2.10. The Balaban J connectivity index is 2.80. The lowest BCUT2D eigenvalue weighted by atomic mass is 10.3. The van der Waals surface area contributed by atoms with Crippen molar-refractivity contribution in [3.8, 4) is 0 Å². The van der Waals surface area contributed by atoms with E-state index in [-0.39, 0.29) is 5.91 Å². The van der Waals surface area contributed by atoms with Crippen LogP contribution >= 0.6 is 0 Å². The molecule has 0 saturated heterocycles. The molecule has 0 atom stereocenters. The number of carbonyl (C=O) groups excluding carboxylic acids is 1. The topological polar surface area (TPSA) is 20.3 Å². The van der Waals surface area contributed by atoms with Gasteiger partial charge in [0.25, 0.3) is 0 Å². The Kier molecular flexibility index (Phi) is 3.08. The summed E-state index contributed by atoms with van der Waals surface area (Å²) in [7, 11) is 0. The zero-order valence-electron chi connectivity index (χ0n) is 6.81. The number of amides is 1. The van der Waals surface area contributed by atoms with Gasteiger partial charge in [0.15, 0.2) is 0 Å². The third kappa shape index (κ3) is 2.23. The summed E-state index contributed by atoms with van der Waals surface area (Å²) in [6, 6.07) is 0. The van der Waals surface area contributed by atoms with Crippen LogP contribution in [0.2, 0.25) is 0 Å². The maximum atomic E-state index is 11.3. The van der Waals surface area contributed by atoms with Crippen LogP contribution in [0.3, 0.4) is 0 Å². The maximum Gasteiger partial charge on any atom is 0.234 e. The molecule has 1 amide bonds. The van der Waals surface area contributed by atoms with E-state index in [1.807, 2.05) is 24.3 Å². The summed E-state index contributed by atoms with van der Waals surface area (Å²) in [5.41, 5.74) is 0. The smallest absolute Gasteiger partial charge is 0.234 e. The van der Waals surface area contributed by atoms with Gasteiger partial charge in [-0.2, -0.15) is 0 Å². The highest BCUT2D eigenvalue weighted by Crippen LogP contribution is 2.00. The van der Waals surface area contributed by atoms with Crippen molar-refractivity contribution in [2.45, 2.75) is 6.42 Å². The van der Waals surface area contributed by atoms with Crippen molar-refractivity contribution in [2.75, 3.05) is 0 Å². The molecule has 0 unspecified atom stereocenters. The Morgan fingerprint density at radius 2 is 2.08 bits per heavy atom. The first-order valence-electron chi connectivity index (χ1n) is 3.78. The standard InChI is InChI=1S/C10H11NO/c1-2-11-9-7-5-3-4-6-8-10(11)12/h2-7,9H,1,8H2. The van der Waals surface area contributed by atoms with Gasteiger partial charge in [0.2, 0.25) is 5.91 Å². The third-order valence-corrected chi connectivity index (χ3v) is 1.49. The second kappa shape index (κ2) is 4.34. The second-order valence-corrected chi connectivity index (χ2v) is 2.34. The van der Waals surface area contributed by atoms with Gasteiger partial charge in [-0.25, -0.2) is 0 Å². The molecule has 0 radical (unpaired) electrons. The Labute approximate surface area is 72.2 Å². The highest BCUT2D eigenvalue weighted by molar-refractivity contribution is 5.79. The van der Waals surface area contributed by atoms with Crippen LogP contribution < -0.4 is 0 Å². The molecule has 1 rings (SSSR count). The molecule has 62 valence electrons. The van der Waals surface area contributed by atoms with Gasteiger partial charge in [-0.15, -0.1) is 0 Å². The van der Waals surface area contributed by atoms with Crippen molar-refractivity contribution in [1.82, 2.24) is 4.90 Å². The predicted octanol–water partition coefficient (Wildman–Crippen LogP) is 1.99. The number of hydrogen-bond donors (Lipinski definition) is 0. The predicted molar refractivity (Wildman–Crippen MR) is 49.1 cm³/mol. The van der Waals surface area contributed by atoms with E-state index in [0.29, 0.717) is 6.42 Å². The molecule has 0 bridgehead atoms. The molecule has 0 N–H and O–H groups in total. The summed E-state index contributed by atoms with van der Waals surface area (Å²) in [5.74, 6) is 0.0289. The molecule has 0 fully saturated rings. The molecule has 1 aliphatic rings. The summed E-state index contributed by atoms with van der Waals surface area (Å²) in [6.45, 7) is 3.54. The fourth-order valence-electron chi connectivity index (χ4n) is 0.869. The van der Waals surface area contributed by atoms with E-state index in [4.69, 9.17) is 0 Å². The lowest BCUT2D eigenvalue weighted by molar-refractivity contribution is -0.125. The first kappa shape index (κ1) is 8.53. The van der Waals surface area contributed by atoms with Gasteiger partial charge >= 0.3 is 0 Å². The molecule has 2 heteroatoms. The molecule has 0 spiro atoms. The molecule has 1 heterocycles. The zero-order chi connectivity index (χ0) is 8.81. The third-order valence-electron chi connectivity index (χ3n) is 1.49. The molecule has 0 saturated carbocycles. The molecule has 0 aliphatic carbocycles. The van der Waals surface area contributed by atoms with E-state index in [9.17, 15) is 4.79 Å². The number of allylic oxidation sites excluding steroid dienone is 4. The second-order valence-electron chi connectivity index (χ2n) is 2.34. The number of nitrogens with zero attached hydrogens (tertiary/aromatic N) is 1. The van der Waals surface area contributed by atoms with Crippen molar-refractivity contribution < 1.29 is 4.79 Å². The molecule has 0 aromatic heterocycles. The summed E-state index contributed by atoms with van der Waals surface area (Å²) in [5, 5.41) is 0. The minimum absolute atomic E-state index is 0.0289. The highest BCUT2D eigenvalue weighted by Gasteiger charge is 2.03. The van der Waals surface area contributed by atoms with E-state index in [0.717, 1.165) is 0 Å². The van der Waals surface area contributed by atoms with Crippen molar-refractivity contribution in [2.24, 2.45) is 0 Å². The summed E-state index contributed by atoms with van der Waals surface area (Å²) in [6.07, 6.45) is 12.8. The van der Waals surface area contributed by atoms with Crippen molar-refractivity contribution in [1.29, 1.82) is 0 Å². The van der Waals surface area contributed by atoms with E-state index in [1.165, 1.54) is 11.1 Å². The van der Waals surface area contributed by atoms with Crippen molar-refractivity contribution in [3.05, 3.63) is 49.4 Å². The quantitative estimate of drug-likeness (QED) is 0.576. The number of hydrogen-bond acceptors (Lipinski definition) is 1. The lowest BCUT2D eigenvalue weighted by Crippen LogP contribution is -2.17. The van der Waals surface area contributed by atoms with E-state index >= 15 is 0 Å². The minimum Gasteiger partial charge on any atom is -0.295 e. The highest BCUT2D eigenvalue weighted by atomic mass is 16.2. The average molecular weight is 161 g/mol. The van der Waals surface area contributed by atoms with Gasteiger partial charge < -0.3 is 0 Å². The molecule has 12 heavy (non-hydrogen) atoms. The van der Waals surface area contributed by atoms with Crippen LogP contribution in [0.1, 0.15) is 6.42 Å². The Hall–Kier alpha value is -1.57. The molecule has 2 nitrogen and oxygen atoms in total. The van der Waals surface area contributed by atoms with Gasteiger partial charge in [-0.1, -0.05) is 30.9 Å². The van der Waals surface area contributed by atoms with Gasteiger partial charge in [0.05, 0.1) is 0 Å². The van der Waals surface area contributed by atoms with Crippen LogP contribution in [-0.4, -0.2) is 10.8 Å². The van der Waals surface area contributed by atoms with Crippen LogP contribution in [0.25, 0.3) is 0 Å². The molecule has 1 aliphatic heterocycles.